The Kier molecular flexibility index (Phi) is 5.66. The summed E-state index contributed by atoms with van der Waals surface area (Å²) in [4.78, 5) is 26.5. The molecule has 0 aliphatic carbocycles. The predicted octanol–water partition coefficient (Wildman–Crippen LogP) is 3.09. The molecule has 0 bridgehead atoms. The van der Waals surface area contributed by atoms with Gasteiger partial charge in [-0.25, -0.2) is 4.39 Å². The third kappa shape index (κ3) is 4.10. The first-order valence-corrected chi connectivity index (χ1v) is 8.92. The first-order valence-electron chi connectivity index (χ1n) is 8.92. The number of amides is 2. The van der Waals surface area contributed by atoms with E-state index in [4.69, 9.17) is 0 Å². The van der Waals surface area contributed by atoms with E-state index >= 15 is 0 Å². The van der Waals surface area contributed by atoms with Gasteiger partial charge >= 0.3 is 0 Å². The fraction of sp³-hybridized carbons (Fsp3) is 0.333. The predicted molar refractivity (Wildman–Crippen MR) is 97.8 cm³/mol. The molecule has 2 aromatic rings. The highest BCUT2D eigenvalue weighted by molar-refractivity contribution is 5.89. The molecule has 0 radical (unpaired) electrons. The van der Waals surface area contributed by atoms with Gasteiger partial charge < -0.3 is 10.2 Å². The van der Waals surface area contributed by atoms with Gasteiger partial charge in [-0.3, -0.25) is 9.59 Å². The Bertz CT molecular complexity index is 779. The lowest BCUT2D eigenvalue weighted by Crippen LogP contribution is -2.34. The molecular weight excluding hydrogens is 331 g/mol. The van der Waals surface area contributed by atoms with Crippen LogP contribution in [0.25, 0.3) is 0 Å². The molecule has 1 aliphatic rings. The number of carbonyl (C=O) groups excluding carboxylic acids is 2. The maximum atomic E-state index is 13.6. The van der Waals surface area contributed by atoms with Gasteiger partial charge in [-0.05, 0) is 30.5 Å². The van der Waals surface area contributed by atoms with Crippen LogP contribution < -0.4 is 5.32 Å². The summed E-state index contributed by atoms with van der Waals surface area (Å²) in [6, 6.07) is 16.3. The third-order valence-corrected chi connectivity index (χ3v) is 4.93. The number of nitrogens with zero attached hydrogens (tertiary/aromatic N) is 1. The maximum absolute atomic E-state index is 13.6. The van der Waals surface area contributed by atoms with Crippen molar-refractivity contribution >= 4 is 11.8 Å². The minimum atomic E-state index is -0.353. The molecule has 2 unspecified atom stereocenters. The van der Waals surface area contributed by atoms with E-state index in [1.54, 1.807) is 23.1 Å². The molecule has 4 nitrogen and oxygen atoms in total. The van der Waals surface area contributed by atoms with Crippen LogP contribution in [-0.2, 0) is 16.0 Å². The quantitative estimate of drug-likeness (QED) is 0.867. The van der Waals surface area contributed by atoms with E-state index in [9.17, 15) is 14.0 Å². The molecule has 0 aromatic heterocycles. The Hall–Kier alpha value is -2.69. The standard InChI is InChI=1S/C21H23FN2O2/c1-15(16-7-3-2-4-8-16)24-14-18(13-20(24)25)21(26)23-12-11-17-9-5-6-10-19(17)22/h2-10,15,18H,11-14H2,1H3,(H,23,26). The van der Waals surface area contributed by atoms with Crippen LogP contribution in [0, 0.1) is 11.7 Å². The Balaban J connectivity index is 1.53. The van der Waals surface area contributed by atoms with Gasteiger partial charge in [0.2, 0.25) is 11.8 Å². The van der Waals surface area contributed by atoms with Gasteiger partial charge in [-0.15, -0.1) is 0 Å². The van der Waals surface area contributed by atoms with Gasteiger partial charge in [0.05, 0.1) is 12.0 Å². The van der Waals surface area contributed by atoms with Gasteiger partial charge in [0.1, 0.15) is 5.82 Å². The molecule has 0 saturated carbocycles. The number of benzene rings is 2. The van der Waals surface area contributed by atoms with Crippen molar-refractivity contribution in [3.8, 4) is 0 Å². The van der Waals surface area contributed by atoms with E-state index in [1.807, 2.05) is 37.3 Å². The van der Waals surface area contributed by atoms with Crippen LogP contribution in [0.1, 0.15) is 30.5 Å². The largest absolute Gasteiger partial charge is 0.355 e. The van der Waals surface area contributed by atoms with Crippen molar-refractivity contribution in [2.75, 3.05) is 13.1 Å². The molecule has 2 atom stereocenters. The molecule has 3 rings (SSSR count). The minimum absolute atomic E-state index is 0.00407. The van der Waals surface area contributed by atoms with Gasteiger partial charge in [0.25, 0.3) is 0 Å². The fourth-order valence-electron chi connectivity index (χ4n) is 3.36. The number of likely N-dealkylation sites (tertiary alicyclic amines) is 1. The van der Waals surface area contributed by atoms with Gasteiger partial charge in [-0.2, -0.15) is 0 Å². The molecule has 2 amide bonds. The molecule has 26 heavy (non-hydrogen) atoms. The zero-order valence-corrected chi connectivity index (χ0v) is 14.8. The van der Waals surface area contributed by atoms with Crippen molar-refractivity contribution in [3.05, 3.63) is 71.5 Å². The zero-order valence-electron chi connectivity index (χ0n) is 14.8. The molecular formula is C21H23FN2O2. The molecule has 5 heteroatoms. The normalized spacial score (nSPS) is 18.0. The second-order valence-corrected chi connectivity index (χ2v) is 6.67. The molecule has 1 N–H and O–H groups in total. The van der Waals surface area contributed by atoms with Crippen molar-refractivity contribution in [1.29, 1.82) is 0 Å². The summed E-state index contributed by atoms with van der Waals surface area (Å²) in [7, 11) is 0. The highest BCUT2D eigenvalue weighted by Gasteiger charge is 2.36. The third-order valence-electron chi connectivity index (χ3n) is 4.93. The van der Waals surface area contributed by atoms with Crippen LogP contribution in [0.4, 0.5) is 4.39 Å². The topological polar surface area (TPSA) is 49.4 Å². The van der Waals surface area contributed by atoms with Gasteiger partial charge in [-0.1, -0.05) is 48.5 Å². The minimum Gasteiger partial charge on any atom is -0.355 e. The summed E-state index contributed by atoms with van der Waals surface area (Å²) < 4.78 is 13.6. The molecule has 1 saturated heterocycles. The summed E-state index contributed by atoms with van der Waals surface area (Å²) in [5.74, 6) is -0.761. The lowest BCUT2D eigenvalue weighted by atomic mass is 10.1. The summed E-state index contributed by atoms with van der Waals surface area (Å²) in [5.41, 5.74) is 1.64. The summed E-state index contributed by atoms with van der Waals surface area (Å²) in [6.07, 6.45) is 0.659. The number of halogens is 1. The molecule has 0 spiro atoms. The smallest absolute Gasteiger partial charge is 0.225 e. The average Bonchev–Trinajstić information content (AvgIpc) is 3.05. The van der Waals surface area contributed by atoms with E-state index in [1.165, 1.54) is 6.07 Å². The van der Waals surface area contributed by atoms with Crippen molar-refractivity contribution in [3.63, 3.8) is 0 Å². The maximum Gasteiger partial charge on any atom is 0.225 e. The van der Waals surface area contributed by atoms with Crippen LogP contribution in [0.3, 0.4) is 0 Å². The Morgan fingerprint density at radius 3 is 2.62 bits per heavy atom. The van der Waals surface area contributed by atoms with Gasteiger partial charge in [0, 0.05) is 19.5 Å². The lowest BCUT2D eigenvalue weighted by Gasteiger charge is -2.25. The molecule has 1 aliphatic heterocycles. The SMILES string of the molecule is CC(c1ccccc1)N1CC(C(=O)NCCc2ccccc2F)CC1=O. The number of hydrogen-bond acceptors (Lipinski definition) is 2. The van der Waals surface area contributed by atoms with Crippen LogP contribution in [-0.4, -0.2) is 29.8 Å². The van der Waals surface area contributed by atoms with Crippen LogP contribution in [0.5, 0.6) is 0 Å². The Labute approximate surface area is 153 Å². The first-order chi connectivity index (χ1) is 12.6. The number of hydrogen-bond donors (Lipinski definition) is 1. The molecule has 1 fully saturated rings. The van der Waals surface area contributed by atoms with Crippen molar-refractivity contribution in [2.24, 2.45) is 5.92 Å². The van der Waals surface area contributed by atoms with Crippen LogP contribution >= 0.6 is 0 Å². The van der Waals surface area contributed by atoms with Crippen molar-refractivity contribution < 1.29 is 14.0 Å². The number of carbonyl (C=O) groups is 2. The monoisotopic (exact) mass is 354 g/mol. The van der Waals surface area contributed by atoms with Crippen LogP contribution in [0.15, 0.2) is 54.6 Å². The number of nitrogens with one attached hydrogen (secondary N) is 1. The van der Waals surface area contributed by atoms with E-state index in [2.05, 4.69) is 5.32 Å². The average molecular weight is 354 g/mol. The van der Waals surface area contributed by atoms with E-state index in [0.717, 1.165) is 5.56 Å². The van der Waals surface area contributed by atoms with Crippen molar-refractivity contribution in [1.82, 2.24) is 10.2 Å². The highest BCUT2D eigenvalue weighted by Crippen LogP contribution is 2.28. The second-order valence-electron chi connectivity index (χ2n) is 6.67. The van der Waals surface area contributed by atoms with Crippen molar-refractivity contribution in [2.45, 2.75) is 25.8 Å². The summed E-state index contributed by atoms with van der Waals surface area (Å²) >= 11 is 0. The van der Waals surface area contributed by atoms with E-state index in [0.29, 0.717) is 25.1 Å². The zero-order chi connectivity index (χ0) is 18.5. The Morgan fingerprint density at radius 1 is 1.19 bits per heavy atom. The van der Waals surface area contributed by atoms with E-state index in [-0.39, 0.29) is 36.0 Å². The summed E-state index contributed by atoms with van der Waals surface area (Å²) in [6.45, 7) is 2.75. The van der Waals surface area contributed by atoms with Crippen LogP contribution in [0.2, 0.25) is 0 Å². The first kappa shape index (κ1) is 18.1. The molecule has 136 valence electrons. The Morgan fingerprint density at radius 2 is 1.88 bits per heavy atom. The van der Waals surface area contributed by atoms with Gasteiger partial charge in [0.15, 0.2) is 0 Å². The van der Waals surface area contributed by atoms with E-state index < -0.39 is 0 Å². The lowest BCUT2D eigenvalue weighted by molar-refractivity contribution is -0.130. The fourth-order valence-corrected chi connectivity index (χ4v) is 3.36. The summed E-state index contributed by atoms with van der Waals surface area (Å²) in [5, 5.41) is 2.84. The molecule has 1 heterocycles. The number of rotatable bonds is 6. The second kappa shape index (κ2) is 8.13. The molecule has 2 aromatic carbocycles. The highest BCUT2D eigenvalue weighted by atomic mass is 19.1.